The van der Waals surface area contributed by atoms with Gasteiger partial charge in [0.05, 0.1) is 12.6 Å². The molecule has 0 aliphatic carbocycles. The fourth-order valence-corrected chi connectivity index (χ4v) is 3.34. The summed E-state index contributed by atoms with van der Waals surface area (Å²) in [6.07, 6.45) is 0.860. The molecule has 0 saturated heterocycles. The number of nitrogens with one attached hydrogen (secondary N) is 2. The normalized spacial score (nSPS) is 21.4. The van der Waals surface area contributed by atoms with Crippen LogP contribution in [-0.2, 0) is 6.42 Å². The van der Waals surface area contributed by atoms with Gasteiger partial charge in [-0.1, -0.05) is 48.5 Å². The number of hydrogen-bond donors (Lipinski definition) is 3. The topological polar surface area (TPSA) is 48.0 Å². The van der Waals surface area contributed by atoms with Crippen LogP contribution in [-0.4, -0.2) is 22.7 Å². The second kappa shape index (κ2) is 5.02. The molecule has 3 aromatic rings. The third-order valence-electron chi connectivity index (χ3n) is 4.34. The van der Waals surface area contributed by atoms with E-state index in [2.05, 4.69) is 58.8 Å². The molecule has 21 heavy (non-hydrogen) atoms. The number of aromatic nitrogens is 1. The number of aliphatic hydroxyl groups is 1. The fraction of sp³-hybridized carbons (Fsp3) is 0.222. The van der Waals surface area contributed by atoms with Crippen molar-refractivity contribution in [3.63, 3.8) is 0 Å². The maximum absolute atomic E-state index is 9.62. The standard InChI is InChI=1S/C18H18N2O/c21-11-13-10-15-14-8-4-5-9-16(14)20-18(15)17(19-13)12-6-2-1-3-7-12/h1-9,13,17,19-21H,10-11H2/t13-,17+/m0/s1. The predicted molar refractivity (Wildman–Crippen MR) is 84.3 cm³/mol. The number of para-hydroxylation sites is 1. The molecule has 3 heteroatoms. The molecule has 0 unspecified atom stereocenters. The summed E-state index contributed by atoms with van der Waals surface area (Å²) in [5.41, 5.74) is 4.96. The zero-order chi connectivity index (χ0) is 14.2. The van der Waals surface area contributed by atoms with Crippen LogP contribution in [0.4, 0.5) is 0 Å². The van der Waals surface area contributed by atoms with Crippen molar-refractivity contribution in [2.45, 2.75) is 18.5 Å². The fourth-order valence-electron chi connectivity index (χ4n) is 3.34. The van der Waals surface area contributed by atoms with Gasteiger partial charge >= 0.3 is 0 Å². The van der Waals surface area contributed by atoms with Crippen molar-refractivity contribution in [2.75, 3.05) is 6.61 Å². The second-order valence-electron chi connectivity index (χ2n) is 5.66. The summed E-state index contributed by atoms with van der Waals surface area (Å²) < 4.78 is 0. The van der Waals surface area contributed by atoms with Crippen molar-refractivity contribution >= 4 is 10.9 Å². The van der Waals surface area contributed by atoms with Crippen molar-refractivity contribution in [3.05, 3.63) is 71.4 Å². The highest BCUT2D eigenvalue weighted by molar-refractivity contribution is 5.85. The van der Waals surface area contributed by atoms with E-state index in [4.69, 9.17) is 0 Å². The number of rotatable bonds is 2. The molecule has 0 fully saturated rings. The van der Waals surface area contributed by atoms with Gasteiger partial charge in [-0.2, -0.15) is 0 Å². The summed E-state index contributed by atoms with van der Waals surface area (Å²) in [4.78, 5) is 3.57. The van der Waals surface area contributed by atoms with Gasteiger partial charge < -0.3 is 10.1 Å². The summed E-state index contributed by atoms with van der Waals surface area (Å²) in [6.45, 7) is 0.155. The molecule has 3 N–H and O–H groups in total. The molecule has 0 bridgehead atoms. The maximum atomic E-state index is 9.62. The van der Waals surface area contributed by atoms with Crippen LogP contribution >= 0.6 is 0 Å². The van der Waals surface area contributed by atoms with Gasteiger partial charge in [0.25, 0.3) is 0 Å². The third kappa shape index (κ3) is 2.06. The van der Waals surface area contributed by atoms with Crippen LogP contribution in [0.25, 0.3) is 10.9 Å². The van der Waals surface area contributed by atoms with Crippen LogP contribution in [0.3, 0.4) is 0 Å². The van der Waals surface area contributed by atoms with Gasteiger partial charge in [-0.3, -0.25) is 5.32 Å². The third-order valence-corrected chi connectivity index (χ3v) is 4.34. The molecule has 1 aliphatic heterocycles. The van der Waals surface area contributed by atoms with E-state index in [0.29, 0.717) is 0 Å². The minimum absolute atomic E-state index is 0.0990. The minimum atomic E-state index is 0.0990. The Balaban J connectivity index is 1.90. The molecule has 0 saturated carbocycles. The van der Waals surface area contributed by atoms with Crippen LogP contribution < -0.4 is 5.32 Å². The van der Waals surface area contributed by atoms with E-state index < -0.39 is 0 Å². The Morgan fingerprint density at radius 1 is 1.00 bits per heavy atom. The lowest BCUT2D eigenvalue weighted by molar-refractivity contribution is 0.228. The van der Waals surface area contributed by atoms with Crippen molar-refractivity contribution in [3.8, 4) is 0 Å². The van der Waals surface area contributed by atoms with Crippen molar-refractivity contribution in [2.24, 2.45) is 0 Å². The second-order valence-corrected chi connectivity index (χ2v) is 5.66. The van der Waals surface area contributed by atoms with Gasteiger partial charge in [-0.15, -0.1) is 0 Å². The zero-order valence-corrected chi connectivity index (χ0v) is 11.7. The Labute approximate surface area is 123 Å². The van der Waals surface area contributed by atoms with E-state index in [1.54, 1.807) is 0 Å². The zero-order valence-electron chi connectivity index (χ0n) is 11.7. The van der Waals surface area contributed by atoms with Crippen molar-refractivity contribution < 1.29 is 5.11 Å². The van der Waals surface area contributed by atoms with E-state index in [1.807, 2.05) is 6.07 Å². The molecule has 0 spiro atoms. The Hall–Kier alpha value is -2.10. The monoisotopic (exact) mass is 278 g/mol. The number of hydrogen-bond acceptors (Lipinski definition) is 2. The lowest BCUT2D eigenvalue weighted by atomic mass is 9.90. The summed E-state index contributed by atoms with van der Waals surface area (Å²) >= 11 is 0. The molecule has 2 atom stereocenters. The smallest absolute Gasteiger partial charge is 0.0735 e. The minimum Gasteiger partial charge on any atom is -0.395 e. The maximum Gasteiger partial charge on any atom is 0.0735 e. The lowest BCUT2D eigenvalue weighted by Crippen LogP contribution is -2.42. The van der Waals surface area contributed by atoms with Crippen molar-refractivity contribution in [1.82, 2.24) is 10.3 Å². The SMILES string of the molecule is OC[C@@H]1Cc2c([nH]c3ccccc23)[C@@H](c2ccccc2)N1. The average Bonchev–Trinajstić information content (AvgIpc) is 2.93. The van der Waals surface area contributed by atoms with Gasteiger partial charge in [0.2, 0.25) is 0 Å². The van der Waals surface area contributed by atoms with Crippen LogP contribution in [0.15, 0.2) is 54.6 Å². The van der Waals surface area contributed by atoms with Crippen LogP contribution in [0.2, 0.25) is 0 Å². The molecule has 106 valence electrons. The molecule has 1 aliphatic rings. The van der Waals surface area contributed by atoms with E-state index >= 15 is 0 Å². The number of fused-ring (bicyclic) bond motifs is 3. The van der Waals surface area contributed by atoms with Gasteiger partial charge in [0.1, 0.15) is 0 Å². The van der Waals surface area contributed by atoms with Crippen LogP contribution in [0, 0.1) is 0 Å². The van der Waals surface area contributed by atoms with Gasteiger partial charge in [-0.25, -0.2) is 0 Å². The first-order valence-electron chi connectivity index (χ1n) is 7.38. The molecule has 2 aromatic carbocycles. The first kappa shape index (κ1) is 12.6. The van der Waals surface area contributed by atoms with E-state index in [1.165, 1.54) is 27.7 Å². The summed E-state index contributed by atoms with van der Waals surface area (Å²) in [5, 5.41) is 14.4. The number of benzene rings is 2. The quantitative estimate of drug-likeness (QED) is 0.675. The molecule has 0 radical (unpaired) electrons. The molecule has 4 rings (SSSR count). The highest BCUT2D eigenvalue weighted by Crippen LogP contribution is 2.34. The summed E-state index contributed by atoms with van der Waals surface area (Å²) in [5.74, 6) is 0. The Bertz CT molecular complexity index is 763. The Morgan fingerprint density at radius 3 is 2.57 bits per heavy atom. The first-order valence-corrected chi connectivity index (χ1v) is 7.38. The van der Waals surface area contributed by atoms with Crippen LogP contribution in [0.5, 0.6) is 0 Å². The number of H-pyrrole nitrogens is 1. The molecule has 0 amide bonds. The summed E-state index contributed by atoms with van der Waals surface area (Å²) in [7, 11) is 0. The molecular formula is C18H18N2O. The van der Waals surface area contributed by atoms with E-state index in [9.17, 15) is 5.11 Å². The highest BCUT2D eigenvalue weighted by Gasteiger charge is 2.29. The molecular weight excluding hydrogens is 260 g/mol. The Kier molecular flexibility index (Phi) is 3.02. The number of aromatic amines is 1. The summed E-state index contributed by atoms with van der Waals surface area (Å²) in [6, 6.07) is 19.0. The van der Waals surface area contributed by atoms with Gasteiger partial charge in [0, 0.05) is 22.6 Å². The van der Waals surface area contributed by atoms with E-state index in [0.717, 1.165) is 6.42 Å². The number of aliphatic hydroxyl groups excluding tert-OH is 1. The van der Waals surface area contributed by atoms with E-state index in [-0.39, 0.29) is 18.7 Å². The molecule has 3 nitrogen and oxygen atoms in total. The predicted octanol–water partition coefficient (Wildman–Crippen LogP) is 2.76. The Morgan fingerprint density at radius 2 is 1.76 bits per heavy atom. The molecule has 1 aromatic heterocycles. The van der Waals surface area contributed by atoms with Gasteiger partial charge in [0.15, 0.2) is 0 Å². The molecule has 2 heterocycles. The van der Waals surface area contributed by atoms with Gasteiger partial charge in [-0.05, 0) is 23.6 Å². The lowest BCUT2D eigenvalue weighted by Gasteiger charge is -2.30. The average molecular weight is 278 g/mol. The largest absolute Gasteiger partial charge is 0.395 e. The highest BCUT2D eigenvalue weighted by atomic mass is 16.3. The van der Waals surface area contributed by atoms with Crippen LogP contribution in [0.1, 0.15) is 22.9 Å². The van der Waals surface area contributed by atoms with Crippen molar-refractivity contribution in [1.29, 1.82) is 0 Å². The first-order chi connectivity index (χ1) is 10.4.